The Kier molecular flexibility index (Phi) is 4.55. The van der Waals surface area contributed by atoms with Gasteiger partial charge in [0.05, 0.1) is 11.7 Å². The SMILES string of the molecule is Nc1ccc(C(F)(F)F)cc1C(O)CC1CCOCC1. The van der Waals surface area contributed by atoms with E-state index in [4.69, 9.17) is 10.5 Å². The van der Waals surface area contributed by atoms with Crippen LogP contribution in [-0.2, 0) is 10.9 Å². The molecule has 1 heterocycles. The number of hydrogen-bond donors (Lipinski definition) is 2. The third kappa shape index (κ3) is 3.64. The van der Waals surface area contributed by atoms with Crippen LogP contribution in [0, 0.1) is 5.92 Å². The normalized spacial score (nSPS) is 19.0. The van der Waals surface area contributed by atoms with E-state index in [9.17, 15) is 18.3 Å². The van der Waals surface area contributed by atoms with Crippen LogP contribution in [0.2, 0.25) is 0 Å². The van der Waals surface area contributed by atoms with Crippen LogP contribution >= 0.6 is 0 Å². The molecule has 1 aromatic carbocycles. The van der Waals surface area contributed by atoms with Crippen LogP contribution in [0.3, 0.4) is 0 Å². The second-order valence-corrected chi connectivity index (χ2v) is 5.15. The summed E-state index contributed by atoms with van der Waals surface area (Å²) in [5.41, 5.74) is 5.25. The fraction of sp³-hybridized carbons (Fsp3) is 0.571. The number of aliphatic hydroxyl groups excluding tert-OH is 1. The third-order valence-corrected chi connectivity index (χ3v) is 3.67. The van der Waals surface area contributed by atoms with E-state index in [1.807, 2.05) is 0 Å². The Morgan fingerprint density at radius 3 is 2.55 bits per heavy atom. The smallest absolute Gasteiger partial charge is 0.398 e. The molecule has 6 heteroatoms. The number of halogens is 3. The van der Waals surface area contributed by atoms with Crippen molar-refractivity contribution in [2.24, 2.45) is 5.92 Å². The van der Waals surface area contributed by atoms with Crippen LogP contribution in [0.1, 0.15) is 36.5 Å². The summed E-state index contributed by atoms with van der Waals surface area (Å²) >= 11 is 0. The summed E-state index contributed by atoms with van der Waals surface area (Å²) < 4.78 is 43.3. The summed E-state index contributed by atoms with van der Waals surface area (Å²) in [5.74, 6) is 0.257. The maximum Gasteiger partial charge on any atom is 0.416 e. The van der Waals surface area contributed by atoms with E-state index in [0.29, 0.717) is 19.6 Å². The largest absolute Gasteiger partial charge is 0.416 e. The van der Waals surface area contributed by atoms with Crippen LogP contribution < -0.4 is 5.73 Å². The molecule has 0 amide bonds. The van der Waals surface area contributed by atoms with Gasteiger partial charge in [0.15, 0.2) is 0 Å². The number of ether oxygens (including phenoxy) is 1. The summed E-state index contributed by atoms with van der Waals surface area (Å²) in [6, 6.07) is 3.07. The van der Waals surface area contributed by atoms with E-state index in [2.05, 4.69) is 0 Å². The second-order valence-electron chi connectivity index (χ2n) is 5.15. The first kappa shape index (κ1) is 15.1. The van der Waals surface area contributed by atoms with Gasteiger partial charge in [-0.3, -0.25) is 0 Å². The first-order chi connectivity index (χ1) is 9.38. The number of aliphatic hydroxyl groups is 1. The molecular weight excluding hydrogens is 271 g/mol. The van der Waals surface area contributed by atoms with Crippen molar-refractivity contribution in [2.45, 2.75) is 31.5 Å². The van der Waals surface area contributed by atoms with Crippen LogP contribution in [0.25, 0.3) is 0 Å². The molecule has 0 spiro atoms. The molecule has 3 nitrogen and oxygen atoms in total. The summed E-state index contributed by atoms with van der Waals surface area (Å²) in [7, 11) is 0. The zero-order valence-corrected chi connectivity index (χ0v) is 11.0. The number of nitrogens with two attached hydrogens (primary N) is 1. The molecule has 1 aliphatic heterocycles. The Labute approximate surface area is 115 Å². The average molecular weight is 289 g/mol. The van der Waals surface area contributed by atoms with Crippen molar-refractivity contribution in [2.75, 3.05) is 18.9 Å². The van der Waals surface area contributed by atoms with E-state index in [1.54, 1.807) is 0 Å². The van der Waals surface area contributed by atoms with Gasteiger partial charge in [-0.25, -0.2) is 0 Å². The third-order valence-electron chi connectivity index (χ3n) is 3.67. The van der Waals surface area contributed by atoms with Gasteiger partial charge >= 0.3 is 6.18 Å². The highest BCUT2D eigenvalue weighted by molar-refractivity contribution is 5.50. The number of nitrogen functional groups attached to an aromatic ring is 1. The van der Waals surface area contributed by atoms with Crippen molar-refractivity contribution >= 4 is 5.69 Å². The van der Waals surface area contributed by atoms with Crippen molar-refractivity contribution < 1.29 is 23.0 Å². The lowest BCUT2D eigenvalue weighted by atomic mass is 9.90. The number of anilines is 1. The minimum Gasteiger partial charge on any atom is -0.398 e. The van der Waals surface area contributed by atoms with Crippen molar-refractivity contribution in [3.63, 3.8) is 0 Å². The van der Waals surface area contributed by atoms with E-state index in [1.165, 1.54) is 6.07 Å². The molecule has 1 aliphatic rings. The van der Waals surface area contributed by atoms with Gasteiger partial charge in [-0.1, -0.05) is 0 Å². The first-order valence-electron chi connectivity index (χ1n) is 6.60. The number of benzene rings is 1. The number of alkyl halides is 3. The topological polar surface area (TPSA) is 55.5 Å². The van der Waals surface area contributed by atoms with Gasteiger partial charge in [-0.05, 0) is 43.4 Å². The summed E-state index contributed by atoms with van der Waals surface area (Å²) in [6.45, 7) is 1.27. The molecular formula is C14H18F3NO2. The molecule has 2 rings (SSSR count). The predicted molar refractivity (Wildman–Crippen MR) is 69.0 cm³/mol. The summed E-state index contributed by atoms with van der Waals surface area (Å²) in [6.07, 6.45) is -3.36. The highest BCUT2D eigenvalue weighted by Crippen LogP contribution is 2.35. The number of hydrogen-bond acceptors (Lipinski definition) is 3. The minimum atomic E-state index is -4.43. The second kappa shape index (κ2) is 6.01. The quantitative estimate of drug-likeness (QED) is 0.840. The van der Waals surface area contributed by atoms with Gasteiger partial charge < -0.3 is 15.6 Å². The molecule has 112 valence electrons. The molecule has 1 unspecified atom stereocenters. The van der Waals surface area contributed by atoms with Crippen molar-refractivity contribution in [1.82, 2.24) is 0 Å². The maximum atomic E-state index is 12.7. The maximum absolute atomic E-state index is 12.7. The monoisotopic (exact) mass is 289 g/mol. The Hall–Kier alpha value is -1.27. The highest BCUT2D eigenvalue weighted by Gasteiger charge is 2.31. The Morgan fingerprint density at radius 1 is 1.30 bits per heavy atom. The molecule has 1 fully saturated rings. The fourth-order valence-electron chi connectivity index (χ4n) is 2.46. The molecule has 3 N–H and O–H groups in total. The molecule has 0 radical (unpaired) electrons. The van der Waals surface area contributed by atoms with Crippen molar-refractivity contribution in [3.05, 3.63) is 29.3 Å². The molecule has 0 bridgehead atoms. The van der Waals surface area contributed by atoms with E-state index >= 15 is 0 Å². The van der Waals surface area contributed by atoms with Gasteiger partial charge in [-0.2, -0.15) is 13.2 Å². The van der Waals surface area contributed by atoms with Crippen LogP contribution in [0.4, 0.5) is 18.9 Å². The zero-order valence-electron chi connectivity index (χ0n) is 11.0. The van der Waals surface area contributed by atoms with E-state index < -0.39 is 17.8 Å². The number of rotatable bonds is 3. The molecule has 0 aliphatic carbocycles. The van der Waals surface area contributed by atoms with Gasteiger partial charge in [0.2, 0.25) is 0 Å². The van der Waals surface area contributed by atoms with Crippen molar-refractivity contribution in [1.29, 1.82) is 0 Å². The van der Waals surface area contributed by atoms with Gasteiger partial charge in [-0.15, -0.1) is 0 Å². The van der Waals surface area contributed by atoms with Gasteiger partial charge in [0, 0.05) is 24.5 Å². The van der Waals surface area contributed by atoms with Crippen molar-refractivity contribution in [3.8, 4) is 0 Å². The minimum absolute atomic E-state index is 0.159. The molecule has 0 saturated carbocycles. The summed E-state index contributed by atoms with van der Waals surface area (Å²) in [4.78, 5) is 0. The van der Waals surface area contributed by atoms with Gasteiger partial charge in [0.1, 0.15) is 0 Å². The van der Waals surface area contributed by atoms with Gasteiger partial charge in [0.25, 0.3) is 0 Å². The first-order valence-corrected chi connectivity index (χ1v) is 6.60. The molecule has 1 aromatic rings. The molecule has 1 saturated heterocycles. The zero-order chi connectivity index (χ0) is 14.8. The molecule has 0 aromatic heterocycles. The summed E-state index contributed by atoms with van der Waals surface area (Å²) in [5, 5.41) is 10.2. The Bertz CT molecular complexity index is 456. The lowest BCUT2D eigenvalue weighted by Gasteiger charge is -2.25. The average Bonchev–Trinajstić information content (AvgIpc) is 2.39. The lowest BCUT2D eigenvalue weighted by molar-refractivity contribution is -0.137. The van der Waals surface area contributed by atoms with E-state index in [0.717, 1.165) is 25.0 Å². The predicted octanol–water partition coefficient (Wildman–Crippen LogP) is 3.14. The van der Waals surface area contributed by atoms with Crippen LogP contribution in [0.5, 0.6) is 0 Å². The van der Waals surface area contributed by atoms with E-state index in [-0.39, 0.29) is 17.2 Å². The highest BCUT2D eigenvalue weighted by atomic mass is 19.4. The lowest BCUT2D eigenvalue weighted by Crippen LogP contribution is -2.18. The van der Waals surface area contributed by atoms with Crippen LogP contribution in [0.15, 0.2) is 18.2 Å². The fourth-order valence-corrected chi connectivity index (χ4v) is 2.46. The molecule has 1 atom stereocenters. The molecule has 20 heavy (non-hydrogen) atoms. The Balaban J connectivity index is 2.13. The Morgan fingerprint density at radius 2 is 1.95 bits per heavy atom. The standard InChI is InChI=1S/C14H18F3NO2/c15-14(16,17)10-1-2-12(18)11(8-10)13(19)7-9-3-5-20-6-4-9/h1-2,8-9,13,19H,3-7,18H2. The van der Waals surface area contributed by atoms with Crippen LogP contribution in [-0.4, -0.2) is 18.3 Å².